The van der Waals surface area contributed by atoms with Gasteiger partial charge in [0.1, 0.15) is 5.75 Å². The summed E-state index contributed by atoms with van der Waals surface area (Å²) in [4.78, 5) is 0. The average molecular weight is 364 g/mol. The molecule has 2 aromatic rings. The molecule has 1 aliphatic rings. The van der Waals surface area contributed by atoms with Gasteiger partial charge in [-0.2, -0.15) is 0 Å². The van der Waals surface area contributed by atoms with Crippen LogP contribution in [-0.2, 0) is 6.54 Å². The van der Waals surface area contributed by atoms with Gasteiger partial charge in [-0.3, -0.25) is 0 Å². The largest absolute Gasteiger partial charge is 0.493 e. The van der Waals surface area contributed by atoms with Gasteiger partial charge in [0.25, 0.3) is 0 Å². The van der Waals surface area contributed by atoms with E-state index in [0.29, 0.717) is 11.8 Å². The van der Waals surface area contributed by atoms with Gasteiger partial charge in [-0.25, -0.2) is 0 Å². The van der Waals surface area contributed by atoms with E-state index in [-0.39, 0.29) is 0 Å². The summed E-state index contributed by atoms with van der Waals surface area (Å²) in [5.74, 6) is 2.09. The first kappa shape index (κ1) is 20.8. The maximum absolute atomic E-state index is 5.74. The molecule has 1 aliphatic heterocycles. The number of hydrogen-bond donors (Lipinski definition) is 1. The molecule has 0 aliphatic carbocycles. The Morgan fingerprint density at radius 3 is 2.56 bits per heavy atom. The van der Waals surface area contributed by atoms with E-state index in [1.807, 2.05) is 13.8 Å². The van der Waals surface area contributed by atoms with Crippen molar-refractivity contribution in [3.63, 3.8) is 0 Å². The predicted molar refractivity (Wildman–Crippen MR) is 118 cm³/mol. The summed E-state index contributed by atoms with van der Waals surface area (Å²) >= 11 is 0. The lowest BCUT2D eigenvalue weighted by Gasteiger charge is -2.11. The number of ether oxygens (including phenoxy) is 1. The zero-order valence-electron chi connectivity index (χ0n) is 17.4. The summed E-state index contributed by atoms with van der Waals surface area (Å²) in [7, 11) is 0. The molecule has 1 unspecified atom stereocenters. The molecule has 0 spiro atoms. The van der Waals surface area contributed by atoms with Gasteiger partial charge in [-0.05, 0) is 28.7 Å². The lowest BCUT2D eigenvalue weighted by Crippen LogP contribution is -2.10. The summed E-state index contributed by atoms with van der Waals surface area (Å²) in [6.45, 7) is 16.3. The summed E-state index contributed by atoms with van der Waals surface area (Å²) in [6, 6.07) is 15.0. The SMILES string of the molecule is C=C(NCc1ccc2c(c1)OCC2C)c1ccc(/C=C/C(C)C)cc1.CC. The van der Waals surface area contributed by atoms with Gasteiger partial charge in [0.15, 0.2) is 0 Å². The lowest BCUT2D eigenvalue weighted by molar-refractivity contribution is 0.337. The van der Waals surface area contributed by atoms with Crippen molar-refractivity contribution in [3.05, 3.63) is 77.4 Å². The van der Waals surface area contributed by atoms with Gasteiger partial charge < -0.3 is 10.1 Å². The Morgan fingerprint density at radius 1 is 1.19 bits per heavy atom. The molecule has 0 saturated heterocycles. The minimum Gasteiger partial charge on any atom is -0.493 e. The van der Waals surface area contributed by atoms with E-state index in [0.717, 1.165) is 30.2 Å². The molecule has 0 fully saturated rings. The highest BCUT2D eigenvalue weighted by Gasteiger charge is 2.19. The second kappa shape index (κ2) is 10.0. The van der Waals surface area contributed by atoms with E-state index in [1.165, 1.54) is 16.7 Å². The molecular weight excluding hydrogens is 330 g/mol. The molecule has 2 heteroatoms. The van der Waals surface area contributed by atoms with E-state index in [9.17, 15) is 0 Å². The first-order valence-electron chi connectivity index (χ1n) is 10.00. The highest BCUT2D eigenvalue weighted by Crippen LogP contribution is 2.34. The summed E-state index contributed by atoms with van der Waals surface area (Å²) in [5.41, 5.74) is 5.80. The zero-order chi connectivity index (χ0) is 19.8. The lowest BCUT2D eigenvalue weighted by atomic mass is 10.0. The molecule has 1 heterocycles. The van der Waals surface area contributed by atoms with Crippen molar-refractivity contribution in [1.29, 1.82) is 0 Å². The first-order valence-corrected chi connectivity index (χ1v) is 10.00. The third-order valence-corrected chi connectivity index (χ3v) is 4.54. The van der Waals surface area contributed by atoms with Crippen molar-refractivity contribution < 1.29 is 4.74 Å². The smallest absolute Gasteiger partial charge is 0.123 e. The van der Waals surface area contributed by atoms with Crippen LogP contribution in [0.15, 0.2) is 55.1 Å². The predicted octanol–water partition coefficient (Wildman–Crippen LogP) is 6.64. The van der Waals surface area contributed by atoms with Gasteiger partial charge in [-0.15, -0.1) is 0 Å². The molecule has 0 bridgehead atoms. The Labute approximate surface area is 165 Å². The Kier molecular flexibility index (Phi) is 7.72. The molecule has 1 N–H and O–H groups in total. The minimum atomic E-state index is 0.496. The number of benzene rings is 2. The van der Waals surface area contributed by atoms with Gasteiger partial charge >= 0.3 is 0 Å². The van der Waals surface area contributed by atoms with Crippen LogP contribution in [-0.4, -0.2) is 6.61 Å². The normalized spacial score (nSPS) is 15.1. The molecule has 0 amide bonds. The fraction of sp³-hybridized carbons (Fsp3) is 0.360. The summed E-state index contributed by atoms with van der Waals surface area (Å²) < 4.78 is 5.74. The van der Waals surface area contributed by atoms with Crippen LogP contribution in [0.5, 0.6) is 5.75 Å². The number of hydrogen-bond acceptors (Lipinski definition) is 2. The van der Waals surface area contributed by atoms with Crippen LogP contribution in [0.3, 0.4) is 0 Å². The number of fused-ring (bicyclic) bond motifs is 1. The van der Waals surface area contributed by atoms with E-state index >= 15 is 0 Å². The molecule has 0 radical (unpaired) electrons. The van der Waals surface area contributed by atoms with Crippen molar-refractivity contribution in [2.45, 2.75) is 47.1 Å². The van der Waals surface area contributed by atoms with Gasteiger partial charge in [-0.1, -0.05) is 89.7 Å². The summed E-state index contributed by atoms with van der Waals surface area (Å²) in [6.07, 6.45) is 4.37. The summed E-state index contributed by atoms with van der Waals surface area (Å²) in [5, 5.41) is 3.42. The minimum absolute atomic E-state index is 0.496. The van der Waals surface area contributed by atoms with Crippen LogP contribution >= 0.6 is 0 Å². The van der Waals surface area contributed by atoms with Crippen LogP contribution in [0.25, 0.3) is 11.8 Å². The molecule has 0 aromatic heterocycles. The van der Waals surface area contributed by atoms with Gasteiger partial charge in [0, 0.05) is 23.7 Å². The third kappa shape index (κ3) is 5.75. The molecule has 144 valence electrons. The second-order valence-corrected chi connectivity index (χ2v) is 7.14. The topological polar surface area (TPSA) is 21.3 Å². The molecule has 2 nitrogen and oxygen atoms in total. The van der Waals surface area contributed by atoms with E-state index < -0.39 is 0 Å². The van der Waals surface area contributed by atoms with Crippen LogP contribution in [0.2, 0.25) is 0 Å². The molecule has 0 saturated carbocycles. The molecular formula is C25H33NO. The fourth-order valence-corrected chi connectivity index (χ4v) is 2.94. The number of allylic oxidation sites excluding steroid dienone is 1. The highest BCUT2D eigenvalue weighted by atomic mass is 16.5. The second-order valence-electron chi connectivity index (χ2n) is 7.14. The maximum Gasteiger partial charge on any atom is 0.123 e. The third-order valence-electron chi connectivity index (χ3n) is 4.54. The Morgan fingerprint density at radius 2 is 1.89 bits per heavy atom. The standard InChI is InChI=1S/C23H27NO.C2H6/c1-16(2)5-6-19-7-10-21(11-8-19)18(4)24-14-20-9-12-22-17(3)15-25-23(22)13-20;1-2/h5-13,16-17,24H,4,14-15H2,1-3H3;1-2H3/b6-5+;. The molecule has 1 atom stereocenters. The van der Waals surface area contributed by atoms with Crippen LogP contribution in [0.4, 0.5) is 0 Å². The highest BCUT2D eigenvalue weighted by molar-refractivity contribution is 5.63. The van der Waals surface area contributed by atoms with Crippen LogP contribution in [0.1, 0.15) is 62.8 Å². The number of rotatable bonds is 6. The van der Waals surface area contributed by atoms with Crippen molar-refractivity contribution in [3.8, 4) is 5.75 Å². The molecule has 3 rings (SSSR count). The monoisotopic (exact) mass is 363 g/mol. The van der Waals surface area contributed by atoms with Gasteiger partial charge in [0.05, 0.1) is 6.61 Å². The average Bonchev–Trinajstić information content (AvgIpc) is 3.06. The van der Waals surface area contributed by atoms with Crippen LogP contribution < -0.4 is 10.1 Å². The van der Waals surface area contributed by atoms with Crippen molar-refractivity contribution in [2.24, 2.45) is 5.92 Å². The van der Waals surface area contributed by atoms with E-state index in [1.54, 1.807) is 0 Å². The maximum atomic E-state index is 5.74. The first-order chi connectivity index (χ1) is 13.0. The van der Waals surface area contributed by atoms with E-state index in [4.69, 9.17) is 4.74 Å². The van der Waals surface area contributed by atoms with Gasteiger partial charge in [0.2, 0.25) is 0 Å². The molecule has 27 heavy (non-hydrogen) atoms. The van der Waals surface area contributed by atoms with Crippen molar-refractivity contribution in [1.82, 2.24) is 5.32 Å². The Hall–Kier alpha value is -2.48. The van der Waals surface area contributed by atoms with Crippen LogP contribution in [0, 0.1) is 5.92 Å². The zero-order valence-corrected chi connectivity index (χ0v) is 17.4. The quantitative estimate of drug-likeness (QED) is 0.621. The molecule has 2 aromatic carbocycles. The Bertz CT molecular complexity index is 771. The van der Waals surface area contributed by atoms with E-state index in [2.05, 4.69) is 87.3 Å². The number of nitrogens with one attached hydrogen (secondary N) is 1. The van der Waals surface area contributed by atoms with Crippen molar-refractivity contribution >= 4 is 11.8 Å². The Balaban J connectivity index is 0.00000126. The fourth-order valence-electron chi connectivity index (χ4n) is 2.94. The van der Waals surface area contributed by atoms with Crippen molar-refractivity contribution in [2.75, 3.05) is 6.61 Å².